The van der Waals surface area contributed by atoms with Crippen LogP contribution < -0.4 is 10.9 Å². The highest BCUT2D eigenvalue weighted by atomic mass is 32.1. The molecule has 0 spiro atoms. The summed E-state index contributed by atoms with van der Waals surface area (Å²) in [6.07, 6.45) is 4.16. The molecule has 0 atom stereocenters. The molecule has 7 heteroatoms. The van der Waals surface area contributed by atoms with Gasteiger partial charge >= 0.3 is 0 Å². The van der Waals surface area contributed by atoms with Gasteiger partial charge in [0.1, 0.15) is 6.54 Å². The Morgan fingerprint density at radius 2 is 2.00 bits per heavy atom. The Kier molecular flexibility index (Phi) is 4.09. The zero-order valence-corrected chi connectivity index (χ0v) is 14.7. The van der Waals surface area contributed by atoms with Crippen molar-refractivity contribution in [1.82, 2.24) is 15.0 Å². The number of hydrogen-bond donors (Lipinski definition) is 1. The summed E-state index contributed by atoms with van der Waals surface area (Å²) in [5.74, 6) is -0.288. The number of thiophene rings is 1. The van der Waals surface area contributed by atoms with Crippen molar-refractivity contribution in [3.8, 4) is 0 Å². The van der Waals surface area contributed by atoms with E-state index in [0.29, 0.717) is 15.9 Å². The van der Waals surface area contributed by atoms with E-state index in [1.165, 1.54) is 4.88 Å². The van der Waals surface area contributed by atoms with Crippen molar-refractivity contribution >= 4 is 33.1 Å². The largest absolute Gasteiger partial charge is 0.324 e. The second kappa shape index (κ2) is 6.40. The van der Waals surface area contributed by atoms with Gasteiger partial charge in [-0.2, -0.15) is 0 Å². The monoisotopic (exact) mass is 354 g/mol. The summed E-state index contributed by atoms with van der Waals surface area (Å²) < 4.78 is 1.16. The van der Waals surface area contributed by atoms with Crippen molar-refractivity contribution < 1.29 is 4.79 Å². The van der Waals surface area contributed by atoms with E-state index in [1.807, 2.05) is 31.2 Å². The number of fused-ring (bicyclic) bond motifs is 3. The smallest absolute Gasteiger partial charge is 0.279 e. The summed E-state index contributed by atoms with van der Waals surface area (Å²) in [6, 6.07) is 7.51. The molecule has 1 aromatic carbocycles. The van der Waals surface area contributed by atoms with Crippen LogP contribution in [-0.4, -0.2) is 20.9 Å². The normalized spacial score (nSPS) is 13.6. The second-order valence-electron chi connectivity index (χ2n) is 6.36. The standard InChI is InChI=1S/C18H18N4O2S/c1-11-6-8-12(9-7-11)19-15(23)10-22-18(24)16-13-4-2-3-5-14(13)25-17(16)20-21-22/h6-9H,2-5,10H2,1H3,(H,19,23). The number of aromatic nitrogens is 3. The van der Waals surface area contributed by atoms with E-state index in [0.717, 1.165) is 41.5 Å². The predicted molar refractivity (Wildman–Crippen MR) is 98.1 cm³/mol. The maximum Gasteiger partial charge on any atom is 0.279 e. The molecule has 0 unspecified atom stereocenters. The predicted octanol–water partition coefficient (Wildman–Crippen LogP) is 2.68. The number of amides is 1. The first kappa shape index (κ1) is 16.0. The number of nitrogens with one attached hydrogen (secondary N) is 1. The molecule has 1 aliphatic rings. The topological polar surface area (TPSA) is 76.9 Å². The molecule has 0 saturated heterocycles. The minimum atomic E-state index is -0.288. The molecule has 1 aliphatic carbocycles. The van der Waals surface area contributed by atoms with E-state index in [1.54, 1.807) is 11.3 Å². The third-order valence-corrected chi connectivity index (χ3v) is 5.65. The van der Waals surface area contributed by atoms with Crippen LogP contribution in [0.1, 0.15) is 28.8 Å². The number of nitrogens with zero attached hydrogens (tertiary/aromatic N) is 3. The van der Waals surface area contributed by atoms with Crippen molar-refractivity contribution in [3.05, 3.63) is 50.6 Å². The van der Waals surface area contributed by atoms with Crippen LogP contribution in [0.2, 0.25) is 0 Å². The lowest BCUT2D eigenvalue weighted by Gasteiger charge is -2.10. The van der Waals surface area contributed by atoms with Crippen LogP contribution >= 0.6 is 11.3 Å². The average molecular weight is 354 g/mol. The molecule has 0 fully saturated rings. The fourth-order valence-electron chi connectivity index (χ4n) is 3.18. The van der Waals surface area contributed by atoms with Gasteiger partial charge in [-0.1, -0.05) is 22.9 Å². The van der Waals surface area contributed by atoms with Crippen LogP contribution in [0.3, 0.4) is 0 Å². The van der Waals surface area contributed by atoms with Crippen LogP contribution in [0.25, 0.3) is 10.2 Å². The van der Waals surface area contributed by atoms with E-state index in [2.05, 4.69) is 15.6 Å². The van der Waals surface area contributed by atoms with Gasteiger partial charge in [0, 0.05) is 10.6 Å². The lowest BCUT2D eigenvalue weighted by molar-refractivity contribution is -0.117. The Labute approximate surface area is 148 Å². The van der Waals surface area contributed by atoms with Gasteiger partial charge in [0.25, 0.3) is 5.56 Å². The third kappa shape index (κ3) is 3.07. The van der Waals surface area contributed by atoms with Gasteiger partial charge in [-0.25, -0.2) is 4.68 Å². The fraction of sp³-hybridized carbons (Fsp3) is 0.333. The highest BCUT2D eigenvalue weighted by Crippen LogP contribution is 2.33. The molecule has 3 aromatic rings. The van der Waals surface area contributed by atoms with Crippen molar-refractivity contribution in [1.29, 1.82) is 0 Å². The first-order valence-electron chi connectivity index (χ1n) is 8.36. The maximum absolute atomic E-state index is 12.8. The third-order valence-electron chi connectivity index (χ3n) is 4.47. The molecule has 0 aliphatic heterocycles. The average Bonchev–Trinajstić information content (AvgIpc) is 2.99. The summed E-state index contributed by atoms with van der Waals surface area (Å²) in [5.41, 5.74) is 2.71. The molecule has 6 nitrogen and oxygen atoms in total. The summed E-state index contributed by atoms with van der Waals surface area (Å²) in [6.45, 7) is 1.85. The molecule has 128 valence electrons. The molecular formula is C18H18N4O2S. The van der Waals surface area contributed by atoms with E-state index < -0.39 is 0 Å². The van der Waals surface area contributed by atoms with Gasteiger partial charge in [0.15, 0.2) is 4.83 Å². The number of carbonyl (C=O) groups is 1. The Hall–Kier alpha value is -2.54. The number of benzene rings is 1. The quantitative estimate of drug-likeness (QED) is 0.784. The van der Waals surface area contributed by atoms with Crippen LogP contribution in [0.4, 0.5) is 5.69 Å². The maximum atomic E-state index is 12.8. The molecule has 1 N–H and O–H groups in total. The van der Waals surface area contributed by atoms with Gasteiger partial charge in [0.2, 0.25) is 5.91 Å². The molecule has 1 amide bonds. The number of hydrogen-bond acceptors (Lipinski definition) is 5. The van der Waals surface area contributed by atoms with Crippen molar-refractivity contribution in [3.63, 3.8) is 0 Å². The zero-order valence-electron chi connectivity index (χ0n) is 13.9. The Balaban J connectivity index is 1.61. The highest BCUT2D eigenvalue weighted by Gasteiger charge is 2.21. The van der Waals surface area contributed by atoms with Crippen LogP contribution in [-0.2, 0) is 24.2 Å². The van der Waals surface area contributed by atoms with Crippen LogP contribution in [0.15, 0.2) is 29.1 Å². The Bertz CT molecular complexity index is 1000. The first-order chi connectivity index (χ1) is 12.1. The van der Waals surface area contributed by atoms with E-state index >= 15 is 0 Å². The molecule has 0 saturated carbocycles. The Morgan fingerprint density at radius 3 is 2.80 bits per heavy atom. The molecule has 0 bridgehead atoms. The molecule has 2 aromatic heterocycles. The lowest BCUT2D eigenvalue weighted by atomic mass is 9.97. The number of anilines is 1. The molecule has 2 heterocycles. The molecular weight excluding hydrogens is 336 g/mol. The van der Waals surface area contributed by atoms with Crippen molar-refractivity contribution in [2.75, 3.05) is 5.32 Å². The van der Waals surface area contributed by atoms with Gasteiger partial charge in [-0.15, -0.1) is 16.4 Å². The summed E-state index contributed by atoms with van der Waals surface area (Å²) in [4.78, 5) is 27.0. The van der Waals surface area contributed by atoms with Crippen LogP contribution in [0.5, 0.6) is 0 Å². The molecule has 25 heavy (non-hydrogen) atoms. The van der Waals surface area contributed by atoms with Gasteiger partial charge in [-0.05, 0) is 50.3 Å². The van der Waals surface area contributed by atoms with E-state index in [4.69, 9.17) is 0 Å². The summed E-state index contributed by atoms with van der Waals surface area (Å²) in [5, 5.41) is 11.6. The van der Waals surface area contributed by atoms with Gasteiger partial charge in [-0.3, -0.25) is 9.59 Å². The van der Waals surface area contributed by atoms with Gasteiger partial charge < -0.3 is 5.32 Å². The second-order valence-corrected chi connectivity index (χ2v) is 7.44. The summed E-state index contributed by atoms with van der Waals surface area (Å²) >= 11 is 1.56. The number of carbonyl (C=O) groups excluding carboxylic acids is 1. The fourth-order valence-corrected chi connectivity index (χ4v) is 4.38. The minimum Gasteiger partial charge on any atom is -0.324 e. The Morgan fingerprint density at radius 1 is 1.24 bits per heavy atom. The highest BCUT2D eigenvalue weighted by molar-refractivity contribution is 7.18. The SMILES string of the molecule is Cc1ccc(NC(=O)Cn2nnc3sc4c(c3c2=O)CCCC4)cc1. The van der Waals surface area contributed by atoms with E-state index in [-0.39, 0.29) is 18.0 Å². The summed E-state index contributed by atoms with van der Waals surface area (Å²) in [7, 11) is 0. The van der Waals surface area contributed by atoms with Crippen molar-refractivity contribution in [2.45, 2.75) is 39.2 Å². The number of aryl methyl sites for hydroxylation is 3. The van der Waals surface area contributed by atoms with Crippen molar-refractivity contribution in [2.24, 2.45) is 0 Å². The van der Waals surface area contributed by atoms with Gasteiger partial charge in [0.05, 0.1) is 5.39 Å². The molecule has 4 rings (SSSR count). The zero-order chi connectivity index (χ0) is 17.4. The van der Waals surface area contributed by atoms with Crippen LogP contribution in [0, 0.1) is 6.92 Å². The minimum absolute atomic E-state index is 0.139. The lowest BCUT2D eigenvalue weighted by Crippen LogP contribution is -2.30. The first-order valence-corrected chi connectivity index (χ1v) is 9.18. The number of rotatable bonds is 3. The van der Waals surface area contributed by atoms with E-state index in [9.17, 15) is 9.59 Å². The molecule has 0 radical (unpaired) electrons.